The summed E-state index contributed by atoms with van der Waals surface area (Å²) in [4.78, 5) is 22.4. The zero-order valence-corrected chi connectivity index (χ0v) is 19.8. The Hall–Kier alpha value is -2.84. The minimum absolute atomic E-state index is 0.0264. The highest BCUT2D eigenvalue weighted by Crippen LogP contribution is 2.36. The number of hydrogen-bond donors (Lipinski definition) is 1. The van der Waals surface area contributed by atoms with E-state index in [-0.39, 0.29) is 12.0 Å². The molecule has 1 amide bonds. The topological polar surface area (TPSA) is 76.6 Å². The second-order valence-electron chi connectivity index (χ2n) is 7.34. The van der Waals surface area contributed by atoms with Gasteiger partial charge in [0.2, 0.25) is 5.91 Å². The van der Waals surface area contributed by atoms with Crippen molar-refractivity contribution in [1.82, 2.24) is 14.9 Å². The molecule has 1 fully saturated rings. The molecule has 1 aromatic heterocycles. The van der Waals surface area contributed by atoms with E-state index in [9.17, 15) is 4.79 Å². The Morgan fingerprint density at radius 3 is 2.72 bits per heavy atom. The van der Waals surface area contributed by atoms with E-state index in [4.69, 9.17) is 21.1 Å². The molecule has 1 aliphatic rings. The summed E-state index contributed by atoms with van der Waals surface area (Å²) in [5.74, 6) is 1.79. The third kappa shape index (κ3) is 4.81. The first-order valence-electron chi connectivity index (χ1n) is 10.1. The fraction of sp³-hybridized carbons (Fsp3) is 0.261. The monoisotopic (exact) mass is 516 g/mol. The number of fused-ring (bicyclic) bond motifs is 1. The van der Waals surface area contributed by atoms with E-state index in [0.717, 1.165) is 33.9 Å². The molecule has 0 atom stereocenters. The third-order valence-electron chi connectivity index (χ3n) is 5.32. The number of aromatic nitrogens is 2. The van der Waals surface area contributed by atoms with Crippen molar-refractivity contribution in [3.63, 3.8) is 0 Å². The fourth-order valence-corrected chi connectivity index (χ4v) is 4.06. The van der Waals surface area contributed by atoms with Gasteiger partial charge in [-0.25, -0.2) is 9.97 Å². The molecular weight excluding hydrogens is 496 g/mol. The zero-order chi connectivity index (χ0) is 22.7. The summed E-state index contributed by atoms with van der Waals surface area (Å²) in [6.07, 6.45) is 4.28. The molecule has 1 aliphatic heterocycles. The van der Waals surface area contributed by atoms with Gasteiger partial charge in [0.1, 0.15) is 18.2 Å². The number of halogens is 2. The van der Waals surface area contributed by atoms with Crippen LogP contribution >= 0.6 is 27.5 Å². The zero-order valence-electron chi connectivity index (χ0n) is 17.5. The van der Waals surface area contributed by atoms with Crippen LogP contribution in [0.15, 0.2) is 53.8 Å². The van der Waals surface area contributed by atoms with E-state index in [0.29, 0.717) is 35.4 Å². The van der Waals surface area contributed by atoms with Gasteiger partial charge in [0.25, 0.3) is 0 Å². The van der Waals surface area contributed by atoms with Crippen LogP contribution in [0.1, 0.15) is 12.8 Å². The quantitative estimate of drug-likeness (QED) is 0.444. The Morgan fingerprint density at radius 2 is 2.03 bits per heavy atom. The summed E-state index contributed by atoms with van der Waals surface area (Å²) in [5, 5.41) is 4.69. The average molecular weight is 518 g/mol. The Bertz CT molecular complexity index is 1170. The van der Waals surface area contributed by atoms with E-state index < -0.39 is 0 Å². The standard InChI is InChI=1S/C23H22BrClN4O3/c1-3-22(30)29-8-6-15(7-9-29)32-21-11-16-19(12-20(21)31-2)26-13-27-23(16)28-14-4-5-17(24)18(25)10-14/h3-5,10-13,15H,1,6-9H2,2H3,(H,26,27,28). The minimum Gasteiger partial charge on any atom is -0.493 e. The molecule has 0 bridgehead atoms. The van der Waals surface area contributed by atoms with Crippen LogP contribution in [0.3, 0.4) is 0 Å². The van der Waals surface area contributed by atoms with Crippen molar-refractivity contribution >= 4 is 55.8 Å². The summed E-state index contributed by atoms with van der Waals surface area (Å²) >= 11 is 9.62. The molecule has 0 radical (unpaired) electrons. The average Bonchev–Trinajstić information content (AvgIpc) is 2.81. The molecule has 0 saturated carbocycles. The van der Waals surface area contributed by atoms with Crippen LogP contribution in [0.25, 0.3) is 10.9 Å². The van der Waals surface area contributed by atoms with E-state index in [1.165, 1.54) is 12.4 Å². The molecular formula is C23H22BrClN4O3. The highest BCUT2D eigenvalue weighted by molar-refractivity contribution is 9.10. The highest BCUT2D eigenvalue weighted by Gasteiger charge is 2.24. The Morgan fingerprint density at radius 1 is 1.25 bits per heavy atom. The summed E-state index contributed by atoms with van der Waals surface area (Å²) in [5.41, 5.74) is 1.53. The fourth-order valence-electron chi connectivity index (χ4n) is 3.63. The number of methoxy groups -OCH3 is 1. The smallest absolute Gasteiger partial charge is 0.245 e. The van der Waals surface area contributed by atoms with Crippen LogP contribution in [0.5, 0.6) is 11.5 Å². The van der Waals surface area contributed by atoms with Crippen molar-refractivity contribution in [3.8, 4) is 11.5 Å². The molecule has 2 heterocycles. The number of rotatable bonds is 6. The Balaban J connectivity index is 1.60. The second kappa shape index (κ2) is 9.75. The first kappa shape index (κ1) is 22.4. The van der Waals surface area contributed by atoms with Crippen LogP contribution in [-0.2, 0) is 4.79 Å². The van der Waals surface area contributed by atoms with Gasteiger partial charge in [-0.15, -0.1) is 0 Å². The molecule has 166 valence electrons. The number of nitrogens with zero attached hydrogens (tertiary/aromatic N) is 3. The van der Waals surface area contributed by atoms with E-state index in [2.05, 4.69) is 37.8 Å². The maximum atomic E-state index is 11.8. The lowest BCUT2D eigenvalue weighted by atomic mass is 10.1. The minimum atomic E-state index is -0.0485. The number of nitrogens with one attached hydrogen (secondary N) is 1. The van der Waals surface area contributed by atoms with Gasteiger partial charge in [-0.05, 0) is 46.3 Å². The predicted molar refractivity (Wildman–Crippen MR) is 129 cm³/mol. The maximum absolute atomic E-state index is 11.8. The first-order chi connectivity index (χ1) is 15.5. The van der Waals surface area contributed by atoms with Gasteiger partial charge in [0, 0.05) is 47.5 Å². The number of amides is 1. The lowest BCUT2D eigenvalue weighted by Gasteiger charge is -2.31. The highest BCUT2D eigenvalue weighted by atomic mass is 79.9. The first-order valence-corrected chi connectivity index (χ1v) is 11.3. The lowest BCUT2D eigenvalue weighted by molar-refractivity contribution is -0.127. The summed E-state index contributed by atoms with van der Waals surface area (Å²) in [7, 11) is 1.60. The number of carbonyl (C=O) groups is 1. The number of ether oxygens (including phenoxy) is 2. The van der Waals surface area contributed by atoms with Crippen LogP contribution in [0, 0.1) is 0 Å². The number of anilines is 2. The lowest BCUT2D eigenvalue weighted by Crippen LogP contribution is -2.41. The largest absolute Gasteiger partial charge is 0.493 e. The SMILES string of the molecule is C=CC(=O)N1CCC(Oc2cc3c(Nc4ccc(Br)c(Cl)c4)ncnc3cc2OC)CC1. The number of carbonyl (C=O) groups excluding carboxylic acids is 1. The van der Waals surface area contributed by atoms with Gasteiger partial charge in [-0.3, -0.25) is 4.79 Å². The van der Waals surface area contributed by atoms with Gasteiger partial charge in [-0.2, -0.15) is 0 Å². The van der Waals surface area contributed by atoms with E-state index >= 15 is 0 Å². The van der Waals surface area contributed by atoms with Gasteiger partial charge in [0.15, 0.2) is 11.5 Å². The second-order valence-corrected chi connectivity index (χ2v) is 8.60. The Kier molecular flexibility index (Phi) is 6.81. The van der Waals surface area contributed by atoms with E-state index in [1.54, 1.807) is 12.0 Å². The van der Waals surface area contributed by atoms with Crippen LogP contribution in [0.4, 0.5) is 11.5 Å². The molecule has 4 rings (SSSR count). The number of benzene rings is 2. The third-order valence-corrected chi connectivity index (χ3v) is 6.56. The molecule has 0 spiro atoms. The van der Waals surface area contributed by atoms with Gasteiger partial charge in [-0.1, -0.05) is 18.2 Å². The summed E-state index contributed by atoms with van der Waals surface area (Å²) in [6, 6.07) is 9.32. The summed E-state index contributed by atoms with van der Waals surface area (Å²) < 4.78 is 12.7. The number of likely N-dealkylation sites (tertiary alicyclic amines) is 1. The van der Waals surface area contributed by atoms with Crippen LogP contribution < -0.4 is 14.8 Å². The Labute approximate surface area is 199 Å². The van der Waals surface area contributed by atoms with Crippen molar-refractivity contribution in [2.24, 2.45) is 0 Å². The normalized spacial score (nSPS) is 14.3. The van der Waals surface area contributed by atoms with Crippen LogP contribution in [0.2, 0.25) is 5.02 Å². The number of piperidine rings is 1. The van der Waals surface area contributed by atoms with Gasteiger partial charge < -0.3 is 19.7 Å². The predicted octanol–water partition coefficient (Wildman–Crippen LogP) is 5.35. The molecule has 3 aromatic rings. The van der Waals surface area contributed by atoms with Gasteiger partial charge in [0.05, 0.1) is 17.6 Å². The molecule has 0 unspecified atom stereocenters. The van der Waals surface area contributed by atoms with Gasteiger partial charge >= 0.3 is 0 Å². The van der Waals surface area contributed by atoms with E-state index in [1.807, 2.05) is 30.3 Å². The van der Waals surface area contributed by atoms with Crippen molar-refractivity contribution in [3.05, 3.63) is 58.8 Å². The molecule has 1 N–H and O–H groups in total. The molecule has 0 aliphatic carbocycles. The van der Waals surface area contributed by atoms with Crippen molar-refractivity contribution in [1.29, 1.82) is 0 Å². The molecule has 7 nitrogen and oxygen atoms in total. The molecule has 9 heteroatoms. The molecule has 2 aromatic carbocycles. The van der Waals surface area contributed by atoms with Crippen LogP contribution in [-0.4, -0.2) is 47.1 Å². The maximum Gasteiger partial charge on any atom is 0.245 e. The van der Waals surface area contributed by atoms with Crippen molar-refractivity contribution in [2.75, 3.05) is 25.5 Å². The molecule has 1 saturated heterocycles. The molecule has 32 heavy (non-hydrogen) atoms. The van der Waals surface area contributed by atoms with Crippen molar-refractivity contribution < 1.29 is 14.3 Å². The number of hydrogen-bond acceptors (Lipinski definition) is 6. The summed E-state index contributed by atoms with van der Waals surface area (Å²) in [6.45, 7) is 4.82. The van der Waals surface area contributed by atoms with Crippen molar-refractivity contribution in [2.45, 2.75) is 18.9 Å².